The van der Waals surface area contributed by atoms with Crippen LogP contribution in [0.4, 0.5) is 5.69 Å². The molecule has 0 amide bonds. The average Bonchev–Trinajstić information content (AvgIpc) is 2.10. The van der Waals surface area contributed by atoms with E-state index >= 15 is 0 Å². The predicted molar refractivity (Wildman–Crippen MR) is 69.2 cm³/mol. The van der Waals surface area contributed by atoms with Gasteiger partial charge in [0, 0.05) is 16.5 Å². The molecule has 1 nitrogen and oxygen atoms in total. The second kappa shape index (κ2) is 7.52. The van der Waals surface area contributed by atoms with Crippen LogP contribution in [0.3, 0.4) is 0 Å². The monoisotopic (exact) mass is 271 g/mol. The summed E-state index contributed by atoms with van der Waals surface area (Å²) in [6.45, 7) is 0. The maximum Gasteiger partial charge on any atom is 0.0562 e. The Morgan fingerprint density at radius 3 is 2.64 bits per heavy atom. The molecule has 1 aromatic rings. The van der Waals surface area contributed by atoms with Gasteiger partial charge in [-0.1, -0.05) is 17.7 Å². The first-order valence-electron chi connectivity index (χ1n) is 3.98. The molecule has 0 aliphatic heterocycles. The highest BCUT2D eigenvalue weighted by Gasteiger charge is 2.03. The van der Waals surface area contributed by atoms with E-state index in [-0.39, 0.29) is 12.4 Å². The topological polar surface area (TPSA) is 26.0 Å². The van der Waals surface area contributed by atoms with E-state index in [2.05, 4.69) is 0 Å². The summed E-state index contributed by atoms with van der Waals surface area (Å²) in [4.78, 5) is 0.967. The first kappa shape index (κ1) is 14.2. The molecular weight excluding hydrogens is 261 g/mol. The summed E-state index contributed by atoms with van der Waals surface area (Å²) in [6, 6.07) is 5.55. The molecule has 0 aliphatic carbocycles. The van der Waals surface area contributed by atoms with Crippen LogP contribution in [0.2, 0.25) is 5.02 Å². The SMILES string of the molecule is Cl.Nc1cccc(Cl)c1SCCCCl. The molecule has 0 bridgehead atoms. The summed E-state index contributed by atoms with van der Waals surface area (Å²) in [5, 5.41) is 0.722. The van der Waals surface area contributed by atoms with Crippen LogP contribution in [0, 0.1) is 0 Å². The maximum atomic E-state index is 5.97. The van der Waals surface area contributed by atoms with Gasteiger partial charge in [-0.05, 0) is 24.3 Å². The first-order valence-corrected chi connectivity index (χ1v) is 5.88. The molecule has 0 aromatic heterocycles. The molecule has 14 heavy (non-hydrogen) atoms. The van der Waals surface area contributed by atoms with Gasteiger partial charge in [0.15, 0.2) is 0 Å². The molecule has 5 heteroatoms. The highest BCUT2D eigenvalue weighted by molar-refractivity contribution is 7.99. The third-order valence-corrected chi connectivity index (χ3v) is 3.45. The van der Waals surface area contributed by atoms with Crippen molar-refractivity contribution in [2.75, 3.05) is 17.4 Å². The quantitative estimate of drug-likeness (QED) is 0.387. The van der Waals surface area contributed by atoms with Crippen molar-refractivity contribution < 1.29 is 0 Å². The van der Waals surface area contributed by atoms with E-state index in [0.717, 1.165) is 27.8 Å². The zero-order valence-corrected chi connectivity index (χ0v) is 10.6. The zero-order valence-electron chi connectivity index (χ0n) is 7.50. The lowest BCUT2D eigenvalue weighted by molar-refractivity contribution is 1.11. The lowest BCUT2D eigenvalue weighted by Crippen LogP contribution is -1.90. The van der Waals surface area contributed by atoms with Crippen molar-refractivity contribution in [3.8, 4) is 0 Å². The second-order valence-corrected chi connectivity index (χ2v) is 4.44. The van der Waals surface area contributed by atoms with Gasteiger partial charge >= 0.3 is 0 Å². The van der Waals surface area contributed by atoms with Gasteiger partial charge < -0.3 is 5.73 Å². The van der Waals surface area contributed by atoms with E-state index in [1.54, 1.807) is 11.8 Å². The molecule has 0 radical (unpaired) electrons. The van der Waals surface area contributed by atoms with Gasteiger partial charge in [0.25, 0.3) is 0 Å². The number of hydrogen-bond donors (Lipinski definition) is 1. The number of hydrogen-bond acceptors (Lipinski definition) is 2. The molecule has 0 aliphatic rings. The van der Waals surface area contributed by atoms with Crippen LogP contribution >= 0.6 is 47.4 Å². The van der Waals surface area contributed by atoms with Gasteiger partial charge in [0.1, 0.15) is 0 Å². The highest BCUT2D eigenvalue weighted by Crippen LogP contribution is 2.32. The Morgan fingerprint density at radius 1 is 1.36 bits per heavy atom. The van der Waals surface area contributed by atoms with Crippen molar-refractivity contribution in [2.24, 2.45) is 0 Å². The Balaban J connectivity index is 0.00000169. The van der Waals surface area contributed by atoms with E-state index < -0.39 is 0 Å². The molecule has 0 heterocycles. The van der Waals surface area contributed by atoms with Crippen LogP contribution in [0.1, 0.15) is 6.42 Å². The third-order valence-electron chi connectivity index (χ3n) is 1.52. The minimum atomic E-state index is 0. The second-order valence-electron chi connectivity index (χ2n) is 2.55. The summed E-state index contributed by atoms with van der Waals surface area (Å²) >= 11 is 13.2. The molecule has 2 N–H and O–H groups in total. The largest absolute Gasteiger partial charge is 0.398 e. The van der Waals surface area contributed by atoms with Gasteiger partial charge in [-0.25, -0.2) is 0 Å². The number of anilines is 1. The number of nitrogens with two attached hydrogens (primary N) is 1. The van der Waals surface area contributed by atoms with Crippen molar-refractivity contribution in [1.29, 1.82) is 0 Å². The smallest absolute Gasteiger partial charge is 0.0562 e. The van der Waals surface area contributed by atoms with Crippen LogP contribution in [0.15, 0.2) is 23.1 Å². The van der Waals surface area contributed by atoms with E-state index in [4.69, 9.17) is 28.9 Å². The molecule has 0 atom stereocenters. The van der Waals surface area contributed by atoms with Gasteiger partial charge in [-0.2, -0.15) is 0 Å². The van der Waals surface area contributed by atoms with Crippen molar-refractivity contribution in [3.05, 3.63) is 23.2 Å². The molecule has 0 saturated heterocycles. The molecule has 0 fully saturated rings. The Bertz CT molecular complexity index is 261. The molecule has 1 aromatic carbocycles. The van der Waals surface area contributed by atoms with E-state index in [1.807, 2.05) is 18.2 Å². The average molecular weight is 273 g/mol. The third kappa shape index (κ3) is 4.18. The number of nitrogen functional groups attached to an aromatic ring is 1. The molecule has 1 rings (SSSR count). The lowest BCUT2D eigenvalue weighted by Gasteiger charge is -2.06. The first-order chi connectivity index (χ1) is 6.25. The summed E-state index contributed by atoms with van der Waals surface area (Å²) < 4.78 is 0. The van der Waals surface area contributed by atoms with Gasteiger partial charge in [-0.15, -0.1) is 35.8 Å². The Labute approximate surface area is 105 Å². The van der Waals surface area contributed by atoms with E-state index in [9.17, 15) is 0 Å². The fraction of sp³-hybridized carbons (Fsp3) is 0.333. The van der Waals surface area contributed by atoms with Crippen LogP contribution < -0.4 is 5.73 Å². The number of halogens is 3. The molecule has 0 unspecified atom stereocenters. The molecular formula is C9H12Cl3NS. The fourth-order valence-electron chi connectivity index (χ4n) is 0.907. The fourth-order valence-corrected chi connectivity index (χ4v) is 2.48. The summed E-state index contributed by atoms with van der Waals surface area (Å²) in [5.41, 5.74) is 6.51. The molecule has 0 spiro atoms. The standard InChI is InChI=1S/C9H11Cl2NS.ClH/c10-5-2-6-13-9-7(11)3-1-4-8(9)12;/h1,3-4H,2,5-6,12H2;1H. The Kier molecular flexibility index (Phi) is 7.65. The summed E-state index contributed by atoms with van der Waals surface area (Å²) in [7, 11) is 0. The van der Waals surface area contributed by atoms with Gasteiger partial charge in [0.2, 0.25) is 0 Å². The lowest BCUT2D eigenvalue weighted by atomic mass is 10.3. The van der Waals surface area contributed by atoms with Crippen molar-refractivity contribution >= 4 is 53.1 Å². The van der Waals surface area contributed by atoms with Crippen LogP contribution in [0.25, 0.3) is 0 Å². The van der Waals surface area contributed by atoms with Gasteiger partial charge in [-0.3, -0.25) is 0 Å². The number of rotatable bonds is 4. The Hall–Kier alpha value is 0.240. The molecule has 0 saturated carbocycles. The maximum absolute atomic E-state index is 5.97. The van der Waals surface area contributed by atoms with Crippen molar-refractivity contribution in [3.63, 3.8) is 0 Å². The van der Waals surface area contributed by atoms with Gasteiger partial charge in [0.05, 0.1) is 5.02 Å². The Morgan fingerprint density at radius 2 is 2.07 bits per heavy atom. The highest BCUT2D eigenvalue weighted by atomic mass is 35.5. The number of alkyl halides is 1. The summed E-state index contributed by atoms with van der Waals surface area (Å²) in [6.07, 6.45) is 0.969. The van der Waals surface area contributed by atoms with Crippen molar-refractivity contribution in [2.45, 2.75) is 11.3 Å². The predicted octanol–water partition coefficient (Wildman–Crippen LogP) is 4.07. The van der Waals surface area contributed by atoms with E-state index in [0.29, 0.717) is 5.88 Å². The minimum Gasteiger partial charge on any atom is -0.398 e. The van der Waals surface area contributed by atoms with Crippen LogP contribution in [0.5, 0.6) is 0 Å². The van der Waals surface area contributed by atoms with Crippen molar-refractivity contribution in [1.82, 2.24) is 0 Å². The van der Waals surface area contributed by atoms with E-state index in [1.165, 1.54) is 0 Å². The normalized spacial score (nSPS) is 9.57. The summed E-state index contributed by atoms with van der Waals surface area (Å²) in [5.74, 6) is 1.63. The zero-order chi connectivity index (χ0) is 9.68. The number of benzene rings is 1. The van der Waals surface area contributed by atoms with Crippen LogP contribution in [-0.2, 0) is 0 Å². The number of thioether (sulfide) groups is 1. The minimum absolute atomic E-state index is 0. The molecule has 80 valence electrons. The van der Waals surface area contributed by atoms with Crippen LogP contribution in [-0.4, -0.2) is 11.6 Å².